The highest BCUT2D eigenvalue weighted by Gasteiger charge is 2.17. The Kier molecular flexibility index (Phi) is 18.3. The van der Waals surface area contributed by atoms with E-state index in [1.807, 2.05) is 6.08 Å². The Morgan fingerprint density at radius 3 is 2.00 bits per heavy atom. The van der Waals surface area contributed by atoms with E-state index in [0.717, 1.165) is 38.5 Å². The number of unbranched alkanes of at least 4 members (excludes halogenated alkanes) is 11. The minimum absolute atomic E-state index is 0.0873. The monoisotopic (exact) mass is 369 g/mol. The van der Waals surface area contributed by atoms with E-state index in [0.29, 0.717) is 6.42 Å². The summed E-state index contributed by atoms with van der Waals surface area (Å²) in [7, 11) is 0. The second-order valence-electron chi connectivity index (χ2n) is 7.35. The zero-order valence-electron chi connectivity index (χ0n) is 17.2. The van der Waals surface area contributed by atoms with E-state index in [4.69, 9.17) is 0 Å². The second-order valence-corrected chi connectivity index (χ2v) is 7.35. The van der Waals surface area contributed by atoms with Crippen molar-refractivity contribution in [3.63, 3.8) is 0 Å². The van der Waals surface area contributed by atoms with Crippen LogP contribution in [0, 0.1) is 0 Å². The lowest BCUT2D eigenvalue weighted by Gasteiger charge is -2.19. The summed E-state index contributed by atoms with van der Waals surface area (Å²) in [6.07, 6.45) is 18.8. The number of hydrogen-bond acceptors (Lipinski definition) is 3. The van der Waals surface area contributed by atoms with Gasteiger partial charge in [-0.15, -0.1) is 0 Å². The van der Waals surface area contributed by atoms with Crippen LogP contribution in [0.1, 0.15) is 104 Å². The molecule has 0 saturated carbocycles. The van der Waals surface area contributed by atoms with Crippen LogP contribution in [0.5, 0.6) is 0 Å². The van der Waals surface area contributed by atoms with Crippen LogP contribution < -0.4 is 5.32 Å². The van der Waals surface area contributed by atoms with E-state index < -0.39 is 12.1 Å². The fourth-order valence-electron chi connectivity index (χ4n) is 3.00. The predicted molar refractivity (Wildman–Crippen MR) is 110 cm³/mol. The van der Waals surface area contributed by atoms with E-state index >= 15 is 0 Å². The lowest BCUT2D eigenvalue weighted by atomic mass is 10.1. The summed E-state index contributed by atoms with van der Waals surface area (Å²) >= 11 is 0. The van der Waals surface area contributed by atoms with E-state index in [2.05, 4.69) is 19.2 Å². The Bertz CT molecular complexity index is 344. The number of rotatable bonds is 18. The molecule has 0 aliphatic rings. The molecule has 154 valence electrons. The molecule has 0 saturated heterocycles. The average Bonchev–Trinajstić information content (AvgIpc) is 2.64. The van der Waals surface area contributed by atoms with Gasteiger partial charge in [0.2, 0.25) is 5.91 Å². The predicted octanol–water partition coefficient (Wildman–Crippen LogP) is 4.88. The van der Waals surface area contributed by atoms with Crippen LogP contribution in [-0.4, -0.2) is 34.9 Å². The third-order valence-corrected chi connectivity index (χ3v) is 4.77. The zero-order valence-corrected chi connectivity index (χ0v) is 17.2. The Balaban J connectivity index is 3.79. The van der Waals surface area contributed by atoms with Gasteiger partial charge in [0, 0.05) is 6.42 Å². The first kappa shape index (κ1) is 25.1. The SMILES string of the molecule is CCCCCCCCCC/C=C/C(O)C(CO)NC(=O)CCCCCC. The summed E-state index contributed by atoms with van der Waals surface area (Å²) in [4.78, 5) is 11.9. The molecule has 0 bridgehead atoms. The Labute approximate surface area is 161 Å². The van der Waals surface area contributed by atoms with Crippen molar-refractivity contribution in [2.24, 2.45) is 0 Å². The van der Waals surface area contributed by atoms with Crippen LogP contribution in [0.2, 0.25) is 0 Å². The molecule has 0 aliphatic heterocycles. The molecule has 0 aliphatic carbocycles. The van der Waals surface area contributed by atoms with Gasteiger partial charge in [-0.2, -0.15) is 0 Å². The number of hydrogen-bond donors (Lipinski definition) is 3. The normalized spacial score (nSPS) is 13.8. The molecule has 1 amide bonds. The second kappa shape index (κ2) is 18.9. The largest absolute Gasteiger partial charge is 0.394 e. The molecule has 0 aromatic heterocycles. The van der Waals surface area contributed by atoms with Crippen molar-refractivity contribution in [2.75, 3.05) is 6.61 Å². The minimum Gasteiger partial charge on any atom is -0.394 e. The van der Waals surface area contributed by atoms with Crippen molar-refractivity contribution in [3.8, 4) is 0 Å². The molecule has 0 spiro atoms. The summed E-state index contributed by atoms with van der Waals surface area (Å²) in [5.74, 6) is -0.0873. The lowest BCUT2D eigenvalue weighted by molar-refractivity contribution is -0.123. The molecule has 3 N–H and O–H groups in total. The van der Waals surface area contributed by atoms with Crippen LogP contribution in [0.4, 0.5) is 0 Å². The molecule has 4 nitrogen and oxygen atoms in total. The van der Waals surface area contributed by atoms with Gasteiger partial charge in [0.05, 0.1) is 18.8 Å². The maximum absolute atomic E-state index is 11.9. The van der Waals surface area contributed by atoms with Gasteiger partial charge in [0.1, 0.15) is 0 Å². The molecule has 0 aromatic carbocycles. The Morgan fingerprint density at radius 2 is 1.42 bits per heavy atom. The Morgan fingerprint density at radius 1 is 0.885 bits per heavy atom. The van der Waals surface area contributed by atoms with Crippen molar-refractivity contribution < 1.29 is 15.0 Å². The summed E-state index contributed by atoms with van der Waals surface area (Å²) in [6, 6.07) is -0.608. The van der Waals surface area contributed by atoms with Crippen LogP contribution in [-0.2, 0) is 4.79 Å². The number of aliphatic hydroxyl groups excluding tert-OH is 2. The molecule has 2 unspecified atom stereocenters. The van der Waals surface area contributed by atoms with Gasteiger partial charge >= 0.3 is 0 Å². The quantitative estimate of drug-likeness (QED) is 0.238. The van der Waals surface area contributed by atoms with Gasteiger partial charge in [-0.3, -0.25) is 4.79 Å². The standard InChI is InChI=1S/C22H43NO3/c1-3-5-7-9-10-11-12-13-14-15-17-21(25)20(19-24)23-22(26)18-16-8-6-4-2/h15,17,20-21,24-25H,3-14,16,18-19H2,1-2H3,(H,23,26)/b17-15+. The zero-order chi connectivity index (χ0) is 19.5. The highest BCUT2D eigenvalue weighted by molar-refractivity contribution is 5.76. The van der Waals surface area contributed by atoms with Crippen molar-refractivity contribution >= 4 is 5.91 Å². The van der Waals surface area contributed by atoms with E-state index in [1.165, 1.54) is 44.9 Å². The van der Waals surface area contributed by atoms with Crippen LogP contribution in [0.15, 0.2) is 12.2 Å². The minimum atomic E-state index is -0.825. The number of carbonyl (C=O) groups excluding carboxylic acids is 1. The molecule has 0 radical (unpaired) electrons. The molecule has 2 atom stereocenters. The third kappa shape index (κ3) is 15.4. The first-order valence-electron chi connectivity index (χ1n) is 10.9. The van der Waals surface area contributed by atoms with Crippen LogP contribution in [0.3, 0.4) is 0 Å². The lowest BCUT2D eigenvalue weighted by Crippen LogP contribution is -2.45. The summed E-state index contributed by atoms with van der Waals surface area (Å²) in [6.45, 7) is 4.13. The van der Waals surface area contributed by atoms with E-state index in [-0.39, 0.29) is 12.5 Å². The smallest absolute Gasteiger partial charge is 0.220 e. The topological polar surface area (TPSA) is 69.6 Å². The molecular formula is C22H43NO3. The van der Waals surface area contributed by atoms with Crippen LogP contribution in [0.25, 0.3) is 0 Å². The van der Waals surface area contributed by atoms with Crippen molar-refractivity contribution in [1.29, 1.82) is 0 Å². The number of allylic oxidation sites excluding steroid dienone is 1. The van der Waals surface area contributed by atoms with Gasteiger partial charge in [-0.1, -0.05) is 90.2 Å². The first-order valence-corrected chi connectivity index (χ1v) is 10.9. The van der Waals surface area contributed by atoms with Gasteiger partial charge in [0.15, 0.2) is 0 Å². The number of amides is 1. The highest BCUT2D eigenvalue weighted by Crippen LogP contribution is 2.10. The Hall–Kier alpha value is -0.870. The van der Waals surface area contributed by atoms with Crippen molar-refractivity contribution in [2.45, 2.75) is 116 Å². The highest BCUT2D eigenvalue weighted by atomic mass is 16.3. The number of carbonyl (C=O) groups is 1. The molecule has 0 fully saturated rings. The number of nitrogens with one attached hydrogen (secondary N) is 1. The van der Waals surface area contributed by atoms with Crippen LogP contribution >= 0.6 is 0 Å². The maximum Gasteiger partial charge on any atom is 0.220 e. The molecule has 0 rings (SSSR count). The summed E-state index contributed by atoms with van der Waals surface area (Å²) < 4.78 is 0. The van der Waals surface area contributed by atoms with E-state index in [1.54, 1.807) is 6.08 Å². The molecule has 0 heterocycles. The van der Waals surface area contributed by atoms with E-state index in [9.17, 15) is 15.0 Å². The molecule has 0 aromatic rings. The molecular weight excluding hydrogens is 326 g/mol. The summed E-state index contributed by atoms with van der Waals surface area (Å²) in [5, 5.41) is 22.3. The molecule has 26 heavy (non-hydrogen) atoms. The number of aliphatic hydroxyl groups is 2. The average molecular weight is 370 g/mol. The molecule has 4 heteroatoms. The first-order chi connectivity index (χ1) is 12.7. The van der Waals surface area contributed by atoms with Gasteiger partial charge in [-0.05, 0) is 19.3 Å². The van der Waals surface area contributed by atoms with Crippen molar-refractivity contribution in [1.82, 2.24) is 5.32 Å². The van der Waals surface area contributed by atoms with Crippen molar-refractivity contribution in [3.05, 3.63) is 12.2 Å². The van der Waals surface area contributed by atoms with Gasteiger partial charge in [-0.25, -0.2) is 0 Å². The third-order valence-electron chi connectivity index (χ3n) is 4.77. The van der Waals surface area contributed by atoms with Gasteiger partial charge in [0.25, 0.3) is 0 Å². The fraction of sp³-hybridized carbons (Fsp3) is 0.864. The van der Waals surface area contributed by atoms with Gasteiger partial charge < -0.3 is 15.5 Å². The maximum atomic E-state index is 11.9. The fourth-order valence-corrected chi connectivity index (χ4v) is 3.00. The summed E-state index contributed by atoms with van der Waals surface area (Å²) in [5.41, 5.74) is 0.